The summed E-state index contributed by atoms with van der Waals surface area (Å²) in [7, 11) is 1.66. The summed E-state index contributed by atoms with van der Waals surface area (Å²) in [5, 5.41) is 3.50. The zero-order valence-corrected chi connectivity index (χ0v) is 14.6. The third kappa shape index (κ3) is 3.65. The molecule has 1 aromatic heterocycles. The number of nitrogens with one attached hydrogen (secondary N) is 1. The molecule has 0 fully saturated rings. The fraction of sp³-hybridized carbons (Fsp3) is 0.333. The quantitative estimate of drug-likeness (QED) is 0.745. The van der Waals surface area contributed by atoms with Crippen LogP contribution < -0.4 is 10.1 Å². The maximum absolute atomic E-state index is 5.70. The van der Waals surface area contributed by atoms with Gasteiger partial charge in [-0.15, -0.1) is 0 Å². The number of benzene rings is 1. The first kappa shape index (κ1) is 15.6. The van der Waals surface area contributed by atoms with Crippen molar-refractivity contribution < 1.29 is 9.15 Å². The largest absolute Gasteiger partial charge is 0.496 e. The van der Waals surface area contributed by atoms with Crippen molar-refractivity contribution in [1.29, 1.82) is 0 Å². The standard InChI is InChI=1S/C15H17Br2NO2/c1-3-8-18-15(13-6-7-14(17)20-13)10-4-5-12(19-2)11(16)9-10/h4-7,9,15,18H,3,8H2,1-2H3. The van der Waals surface area contributed by atoms with Gasteiger partial charge < -0.3 is 14.5 Å². The average Bonchev–Trinajstić information content (AvgIpc) is 2.86. The van der Waals surface area contributed by atoms with Gasteiger partial charge in [-0.2, -0.15) is 0 Å². The van der Waals surface area contributed by atoms with E-state index in [0.717, 1.165) is 39.2 Å². The Labute approximate surface area is 136 Å². The van der Waals surface area contributed by atoms with Gasteiger partial charge in [0, 0.05) is 0 Å². The van der Waals surface area contributed by atoms with E-state index in [4.69, 9.17) is 9.15 Å². The molecule has 1 unspecified atom stereocenters. The van der Waals surface area contributed by atoms with Crippen LogP contribution in [0.15, 0.2) is 43.9 Å². The SMILES string of the molecule is CCCNC(c1ccc(OC)c(Br)c1)c1ccc(Br)o1. The molecule has 0 saturated carbocycles. The van der Waals surface area contributed by atoms with Crippen LogP contribution in [0.1, 0.15) is 30.7 Å². The fourth-order valence-electron chi connectivity index (χ4n) is 2.02. The number of rotatable bonds is 6. The Balaban J connectivity index is 2.33. The zero-order chi connectivity index (χ0) is 14.5. The molecule has 0 saturated heterocycles. The second-order valence-corrected chi connectivity index (χ2v) is 6.06. The van der Waals surface area contributed by atoms with Crippen molar-refractivity contribution >= 4 is 31.9 Å². The van der Waals surface area contributed by atoms with Gasteiger partial charge in [-0.25, -0.2) is 0 Å². The molecule has 0 aliphatic rings. The molecule has 2 aromatic rings. The van der Waals surface area contributed by atoms with Gasteiger partial charge in [0.15, 0.2) is 4.67 Å². The summed E-state index contributed by atoms with van der Waals surface area (Å²) < 4.78 is 12.6. The van der Waals surface area contributed by atoms with Gasteiger partial charge in [0.25, 0.3) is 0 Å². The van der Waals surface area contributed by atoms with Crippen LogP contribution in [0.5, 0.6) is 5.75 Å². The average molecular weight is 403 g/mol. The maximum Gasteiger partial charge on any atom is 0.169 e. The monoisotopic (exact) mass is 401 g/mol. The molecule has 1 atom stereocenters. The van der Waals surface area contributed by atoms with E-state index in [1.54, 1.807) is 7.11 Å². The fourth-order valence-corrected chi connectivity index (χ4v) is 2.89. The van der Waals surface area contributed by atoms with E-state index in [1.807, 2.05) is 24.3 Å². The van der Waals surface area contributed by atoms with Crippen molar-refractivity contribution in [2.45, 2.75) is 19.4 Å². The highest BCUT2D eigenvalue weighted by molar-refractivity contribution is 9.10. The molecule has 0 amide bonds. The minimum Gasteiger partial charge on any atom is -0.496 e. The number of furan rings is 1. The van der Waals surface area contributed by atoms with Crippen LogP contribution >= 0.6 is 31.9 Å². The van der Waals surface area contributed by atoms with Gasteiger partial charge in [-0.05, 0) is 74.7 Å². The molecule has 2 rings (SSSR count). The topological polar surface area (TPSA) is 34.4 Å². The molecule has 0 radical (unpaired) electrons. The number of methoxy groups -OCH3 is 1. The predicted octanol–water partition coefficient (Wildman–Crippen LogP) is 4.90. The Morgan fingerprint density at radius 3 is 2.60 bits per heavy atom. The lowest BCUT2D eigenvalue weighted by molar-refractivity contribution is 0.410. The van der Waals surface area contributed by atoms with E-state index in [0.29, 0.717) is 0 Å². The van der Waals surface area contributed by atoms with Crippen LogP contribution in [-0.2, 0) is 0 Å². The number of hydrogen-bond donors (Lipinski definition) is 1. The van der Waals surface area contributed by atoms with E-state index >= 15 is 0 Å². The lowest BCUT2D eigenvalue weighted by Gasteiger charge is -2.17. The second-order valence-electron chi connectivity index (χ2n) is 4.42. The van der Waals surface area contributed by atoms with Crippen molar-refractivity contribution in [2.24, 2.45) is 0 Å². The van der Waals surface area contributed by atoms with Gasteiger partial charge in [0.1, 0.15) is 11.5 Å². The Bertz CT molecular complexity index is 569. The van der Waals surface area contributed by atoms with Gasteiger partial charge in [-0.3, -0.25) is 0 Å². The summed E-state index contributed by atoms with van der Waals surface area (Å²) in [6.07, 6.45) is 1.07. The summed E-state index contributed by atoms with van der Waals surface area (Å²) in [6.45, 7) is 3.07. The van der Waals surface area contributed by atoms with Gasteiger partial charge in [0.05, 0.1) is 17.6 Å². The highest BCUT2D eigenvalue weighted by atomic mass is 79.9. The smallest absolute Gasteiger partial charge is 0.169 e. The highest BCUT2D eigenvalue weighted by Crippen LogP contribution is 2.32. The van der Waals surface area contributed by atoms with Crippen LogP contribution in [0.4, 0.5) is 0 Å². The van der Waals surface area contributed by atoms with Gasteiger partial charge in [0.2, 0.25) is 0 Å². The summed E-state index contributed by atoms with van der Waals surface area (Å²) in [5.41, 5.74) is 1.13. The first-order chi connectivity index (χ1) is 9.65. The van der Waals surface area contributed by atoms with Crippen molar-refractivity contribution in [3.05, 3.63) is 50.8 Å². The normalized spacial score (nSPS) is 12.4. The van der Waals surface area contributed by atoms with Crippen LogP contribution in [0, 0.1) is 0 Å². The molecule has 1 heterocycles. The van der Waals surface area contributed by atoms with Crippen LogP contribution in [0.3, 0.4) is 0 Å². The molecular weight excluding hydrogens is 386 g/mol. The lowest BCUT2D eigenvalue weighted by atomic mass is 10.0. The molecular formula is C15H17Br2NO2. The van der Waals surface area contributed by atoms with Gasteiger partial charge >= 0.3 is 0 Å². The summed E-state index contributed by atoms with van der Waals surface area (Å²) in [6, 6.07) is 9.99. The minimum absolute atomic E-state index is 0.0310. The van der Waals surface area contributed by atoms with Crippen LogP contribution in [0.2, 0.25) is 0 Å². The molecule has 1 N–H and O–H groups in total. The molecule has 0 aliphatic heterocycles. The van der Waals surface area contributed by atoms with Crippen molar-refractivity contribution in [2.75, 3.05) is 13.7 Å². The van der Waals surface area contributed by atoms with E-state index in [9.17, 15) is 0 Å². The Morgan fingerprint density at radius 2 is 2.05 bits per heavy atom. The van der Waals surface area contributed by atoms with E-state index in [1.165, 1.54) is 0 Å². The summed E-state index contributed by atoms with van der Waals surface area (Å²) >= 11 is 6.88. The zero-order valence-electron chi connectivity index (χ0n) is 11.5. The summed E-state index contributed by atoms with van der Waals surface area (Å²) in [4.78, 5) is 0. The third-order valence-corrected chi connectivity index (χ3v) is 4.03. The molecule has 108 valence electrons. The van der Waals surface area contributed by atoms with Crippen molar-refractivity contribution in [3.8, 4) is 5.75 Å². The van der Waals surface area contributed by atoms with Crippen LogP contribution in [0.25, 0.3) is 0 Å². The second kappa shape index (κ2) is 7.29. The molecule has 3 nitrogen and oxygen atoms in total. The Morgan fingerprint density at radius 1 is 1.25 bits per heavy atom. The molecule has 0 bridgehead atoms. The Hall–Kier alpha value is -0.780. The summed E-state index contributed by atoms with van der Waals surface area (Å²) in [5.74, 6) is 1.71. The van der Waals surface area contributed by atoms with E-state index in [-0.39, 0.29) is 6.04 Å². The number of hydrogen-bond acceptors (Lipinski definition) is 3. The molecule has 0 aliphatic carbocycles. The minimum atomic E-state index is 0.0310. The van der Waals surface area contributed by atoms with Crippen LogP contribution in [-0.4, -0.2) is 13.7 Å². The predicted molar refractivity (Wildman–Crippen MR) is 87.2 cm³/mol. The first-order valence-corrected chi connectivity index (χ1v) is 8.06. The third-order valence-electron chi connectivity index (χ3n) is 2.99. The van der Waals surface area contributed by atoms with E-state index in [2.05, 4.69) is 50.2 Å². The highest BCUT2D eigenvalue weighted by Gasteiger charge is 2.18. The maximum atomic E-state index is 5.70. The first-order valence-electron chi connectivity index (χ1n) is 6.47. The van der Waals surface area contributed by atoms with Crippen molar-refractivity contribution in [1.82, 2.24) is 5.32 Å². The van der Waals surface area contributed by atoms with Gasteiger partial charge in [-0.1, -0.05) is 13.0 Å². The molecule has 20 heavy (non-hydrogen) atoms. The molecule has 5 heteroatoms. The Kier molecular flexibility index (Phi) is 5.69. The van der Waals surface area contributed by atoms with Crippen molar-refractivity contribution in [3.63, 3.8) is 0 Å². The molecule has 0 spiro atoms. The number of ether oxygens (including phenoxy) is 1. The molecule has 1 aromatic carbocycles. The number of halogens is 2. The lowest BCUT2D eigenvalue weighted by Crippen LogP contribution is -2.22. The van der Waals surface area contributed by atoms with E-state index < -0.39 is 0 Å².